The van der Waals surface area contributed by atoms with Gasteiger partial charge in [0.15, 0.2) is 0 Å². The fraction of sp³-hybridized carbons (Fsp3) is 0.462. The summed E-state index contributed by atoms with van der Waals surface area (Å²) in [6, 6.07) is 5.59. The molecule has 1 atom stereocenters. The minimum absolute atomic E-state index is 0.0561. The van der Waals surface area contributed by atoms with Gasteiger partial charge < -0.3 is 9.80 Å². The summed E-state index contributed by atoms with van der Waals surface area (Å²) in [6.45, 7) is 4.42. The van der Waals surface area contributed by atoms with Gasteiger partial charge in [0.25, 0.3) is 5.91 Å². The van der Waals surface area contributed by atoms with Crippen molar-refractivity contribution in [3.05, 3.63) is 29.6 Å². The number of carbonyl (C=O) groups is 1. The number of nitrogens with zero attached hydrogens (tertiary/aromatic N) is 4. The molecular formula is C13H16N4O. The summed E-state index contributed by atoms with van der Waals surface area (Å²) in [5, 5.41) is 8.69. The molecule has 1 aromatic rings. The molecule has 5 heteroatoms. The Morgan fingerprint density at radius 2 is 2.28 bits per heavy atom. The Bertz CT molecular complexity index is 477. The molecule has 0 radical (unpaired) electrons. The molecule has 1 amide bonds. The summed E-state index contributed by atoms with van der Waals surface area (Å²) in [5.41, 5.74) is 0.879. The van der Waals surface area contributed by atoms with Crippen LogP contribution in [0.1, 0.15) is 23.0 Å². The number of rotatable bonds is 1. The van der Waals surface area contributed by atoms with E-state index in [0.717, 1.165) is 19.6 Å². The summed E-state index contributed by atoms with van der Waals surface area (Å²) < 4.78 is 0. The van der Waals surface area contributed by atoms with Crippen molar-refractivity contribution in [2.45, 2.75) is 13.0 Å². The van der Waals surface area contributed by atoms with Gasteiger partial charge in [-0.3, -0.25) is 4.79 Å². The van der Waals surface area contributed by atoms with E-state index in [4.69, 9.17) is 5.26 Å². The summed E-state index contributed by atoms with van der Waals surface area (Å²) in [4.78, 5) is 20.3. The van der Waals surface area contributed by atoms with Crippen molar-refractivity contribution in [2.75, 3.05) is 26.7 Å². The van der Waals surface area contributed by atoms with Crippen molar-refractivity contribution in [1.82, 2.24) is 14.8 Å². The van der Waals surface area contributed by atoms with Gasteiger partial charge in [-0.05, 0) is 26.1 Å². The predicted molar refractivity (Wildman–Crippen MR) is 66.9 cm³/mol. The van der Waals surface area contributed by atoms with E-state index in [9.17, 15) is 4.79 Å². The molecule has 5 nitrogen and oxygen atoms in total. The second kappa shape index (κ2) is 5.15. The third-order valence-electron chi connectivity index (χ3n) is 3.36. The highest BCUT2D eigenvalue weighted by molar-refractivity contribution is 5.92. The van der Waals surface area contributed by atoms with E-state index in [-0.39, 0.29) is 5.91 Å². The summed E-state index contributed by atoms with van der Waals surface area (Å²) in [5.74, 6) is -0.0561. The van der Waals surface area contributed by atoms with Crippen LogP contribution in [0.3, 0.4) is 0 Å². The van der Waals surface area contributed by atoms with Crippen molar-refractivity contribution in [1.29, 1.82) is 5.26 Å². The summed E-state index contributed by atoms with van der Waals surface area (Å²) >= 11 is 0. The van der Waals surface area contributed by atoms with Crippen LogP contribution in [-0.2, 0) is 0 Å². The molecular weight excluding hydrogens is 228 g/mol. The summed E-state index contributed by atoms with van der Waals surface area (Å²) in [6.07, 6.45) is 1.44. The number of hydrogen-bond acceptors (Lipinski definition) is 4. The molecule has 0 N–H and O–H groups in total. The normalized spacial score (nSPS) is 20.5. The maximum absolute atomic E-state index is 12.2. The first-order valence-corrected chi connectivity index (χ1v) is 5.97. The van der Waals surface area contributed by atoms with E-state index in [1.54, 1.807) is 12.1 Å². The average Bonchev–Trinajstić information content (AvgIpc) is 2.41. The Kier molecular flexibility index (Phi) is 3.58. The standard InChI is InChI=1S/C13H16N4O/c1-10-9-17(6-5-16(10)2)13(18)12-4-3-11(7-14)8-15-12/h3-4,8,10H,5-6,9H2,1-2H3. The zero-order valence-electron chi connectivity index (χ0n) is 10.6. The lowest BCUT2D eigenvalue weighted by molar-refractivity contribution is 0.0567. The second-order valence-electron chi connectivity index (χ2n) is 4.62. The minimum atomic E-state index is -0.0561. The molecule has 0 bridgehead atoms. The molecule has 1 aromatic heterocycles. The zero-order valence-corrected chi connectivity index (χ0v) is 10.6. The van der Waals surface area contributed by atoms with E-state index in [2.05, 4.69) is 23.9 Å². The number of nitriles is 1. The Morgan fingerprint density at radius 1 is 1.50 bits per heavy atom. The zero-order chi connectivity index (χ0) is 13.1. The van der Waals surface area contributed by atoms with Crippen LogP contribution in [-0.4, -0.2) is 53.4 Å². The van der Waals surface area contributed by atoms with Crippen molar-refractivity contribution in [2.24, 2.45) is 0 Å². The SMILES string of the molecule is CC1CN(C(=O)c2ccc(C#N)cn2)CCN1C. The quantitative estimate of drug-likeness (QED) is 0.730. The first-order valence-electron chi connectivity index (χ1n) is 5.97. The second-order valence-corrected chi connectivity index (χ2v) is 4.62. The summed E-state index contributed by atoms with van der Waals surface area (Å²) in [7, 11) is 2.06. The molecule has 94 valence electrons. The van der Waals surface area contributed by atoms with Gasteiger partial charge in [-0.2, -0.15) is 5.26 Å². The van der Waals surface area contributed by atoms with E-state index < -0.39 is 0 Å². The molecule has 1 saturated heterocycles. The Balaban J connectivity index is 2.09. The van der Waals surface area contributed by atoms with Crippen molar-refractivity contribution < 1.29 is 4.79 Å². The van der Waals surface area contributed by atoms with E-state index in [1.165, 1.54) is 6.20 Å². The Labute approximate surface area is 107 Å². The van der Waals surface area contributed by atoms with E-state index >= 15 is 0 Å². The van der Waals surface area contributed by atoms with Gasteiger partial charge >= 0.3 is 0 Å². The van der Waals surface area contributed by atoms with Gasteiger partial charge in [-0.1, -0.05) is 0 Å². The number of hydrogen-bond donors (Lipinski definition) is 0. The van der Waals surface area contributed by atoms with E-state index in [1.807, 2.05) is 11.0 Å². The van der Waals surface area contributed by atoms with Crippen LogP contribution in [0.4, 0.5) is 0 Å². The molecule has 1 unspecified atom stereocenters. The van der Waals surface area contributed by atoms with Crippen LogP contribution in [0.15, 0.2) is 18.3 Å². The molecule has 2 rings (SSSR count). The smallest absolute Gasteiger partial charge is 0.272 e. The van der Waals surface area contributed by atoms with Crippen LogP contribution in [0, 0.1) is 11.3 Å². The molecule has 2 heterocycles. The molecule has 1 fully saturated rings. The fourth-order valence-corrected chi connectivity index (χ4v) is 1.98. The maximum atomic E-state index is 12.2. The van der Waals surface area contributed by atoms with Gasteiger partial charge in [0, 0.05) is 31.9 Å². The first kappa shape index (κ1) is 12.5. The third-order valence-corrected chi connectivity index (χ3v) is 3.36. The lowest BCUT2D eigenvalue weighted by atomic mass is 10.2. The first-order chi connectivity index (χ1) is 8.61. The van der Waals surface area contributed by atoms with Crippen LogP contribution >= 0.6 is 0 Å². The molecule has 1 aliphatic heterocycles. The van der Waals surface area contributed by atoms with Gasteiger partial charge in [0.2, 0.25) is 0 Å². The van der Waals surface area contributed by atoms with Crippen LogP contribution in [0.5, 0.6) is 0 Å². The van der Waals surface area contributed by atoms with Gasteiger partial charge in [-0.15, -0.1) is 0 Å². The van der Waals surface area contributed by atoms with Crippen LogP contribution in [0.2, 0.25) is 0 Å². The number of likely N-dealkylation sites (N-methyl/N-ethyl adjacent to an activating group) is 1. The highest BCUT2D eigenvalue weighted by Gasteiger charge is 2.25. The van der Waals surface area contributed by atoms with Crippen LogP contribution < -0.4 is 0 Å². The minimum Gasteiger partial charge on any atom is -0.334 e. The number of piperazine rings is 1. The number of pyridine rings is 1. The van der Waals surface area contributed by atoms with Gasteiger partial charge in [0.1, 0.15) is 11.8 Å². The fourth-order valence-electron chi connectivity index (χ4n) is 1.98. The molecule has 0 saturated carbocycles. The monoisotopic (exact) mass is 244 g/mol. The van der Waals surface area contributed by atoms with Crippen molar-refractivity contribution >= 4 is 5.91 Å². The average molecular weight is 244 g/mol. The highest BCUT2D eigenvalue weighted by Crippen LogP contribution is 2.10. The van der Waals surface area contributed by atoms with Crippen molar-refractivity contribution in [3.63, 3.8) is 0 Å². The number of carbonyl (C=O) groups excluding carboxylic acids is 1. The third kappa shape index (κ3) is 2.49. The van der Waals surface area contributed by atoms with Gasteiger partial charge in [0.05, 0.1) is 5.56 Å². The number of amides is 1. The number of aromatic nitrogens is 1. The Hall–Kier alpha value is -1.93. The molecule has 0 aromatic carbocycles. The molecule has 18 heavy (non-hydrogen) atoms. The predicted octanol–water partition coefficient (Wildman–Crippen LogP) is 0.729. The molecule has 0 aliphatic carbocycles. The van der Waals surface area contributed by atoms with Gasteiger partial charge in [-0.25, -0.2) is 4.98 Å². The Morgan fingerprint density at radius 3 is 2.83 bits per heavy atom. The van der Waals surface area contributed by atoms with Crippen molar-refractivity contribution in [3.8, 4) is 6.07 Å². The highest BCUT2D eigenvalue weighted by atomic mass is 16.2. The van der Waals surface area contributed by atoms with E-state index in [0.29, 0.717) is 17.3 Å². The maximum Gasteiger partial charge on any atom is 0.272 e. The topological polar surface area (TPSA) is 60.2 Å². The molecule has 1 aliphatic rings. The largest absolute Gasteiger partial charge is 0.334 e. The lowest BCUT2D eigenvalue weighted by Gasteiger charge is -2.37. The lowest BCUT2D eigenvalue weighted by Crippen LogP contribution is -2.52. The molecule has 0 spiro atoms. The van der Waals surface area contributed by atoms with Crippen LogP contribution in [0.25, 0.3) is 0 Å².